The first kappa shape index (κ1) is 20.4. The minimum Gasteiger partial charge on any atom is -0.469 e. The molecular weight excluding hydrogens is 300 g/mol. The van der Waals surface area contributed by atoms with Gasteiger partial charge in [0.2, 0.25) is 0 Å². The maximum atomic E-state index is 11.0. The number of epoxide rings is 1. The lowest BCUT2D eigenvalue weighted by atomic mass is 10.1. The molecule has 3 heteroatoms. The predicted molar refractivity (Wildman–Crippen MR) is 99.8 cm³/mol. The summed E-state index contributed by atoms with van der Waals surface area (Å²) < 4.78 is 10.1. The van der Waals surface area contributed by atoms with Gasteiger partial charge >= 0.3 is 5.97 Å². The number of unbranched alkanes of at least 4 members (excludes halogenated alkanes) is 3. The molecule has 0 aromatic heterocycles. The molecule has 1 rings (SSSR count). The second-order valence-corrected chi connectivity index (χ2v) is 6.01. The van der Waals surface area contributed by atoms with Crippen LogP contribution in [0.1, 0.15) is 58.3 Å². The first-order valence-electron chi connectivity index (χ1n) is 9.15. The van der Waals surface area contributed by atoms with Crippen LogP contribution < -0.4 is 0 Å². The first-order chi connectivity index (χ1) is 11.8. The van der Waals surface area contributed by atoms with Crippen LogP contribution >= 0.6 is 0 Å². The maximum Gasteiger partial charge on any atom is 0.305 e. The largest absolute Gasteiger partial charge is 0.469 e. The highest BCUT2D eigenvalue weighted by atomic mass is 16.6. The molecule has 1 saturated heterocycles. The lowest BCUT2D eigenvalue weighted by molar-refractivity contribution is -0.140. The van der Waals surface area contributed by atoms with Crippen molar-refractivity contribution in [2.75, 3.05) is 7.11 Å². The Morgan fingerprint density at radius 3 is 2.67 bits per heavy atom. The van der Waals surface area contributed by atoms with Crippen molar-refractivity contribution in [3.05, 3.63) is 48.6 Å². The van der Waals surface area contributed by atoms with E-state index in [9.17, 15) is 4.79 Å². The fourth-order valence-electron chi connectivity index (χ4n) is 2.37. The van der Waals surface area contributed by atoms with Gasteiger partial charge in [0.1, 0.15) is 6.10 Å². The van der Waals surface area contributed by atoms with Gasteiger partial charge < -0.3 is 9.47 Å². The van der Waals surface area contributed by atoms with Gasteiger partial charge in [-0.05, 0) is 32.1 Å². The molecule has 1 heterocycles. The highest BCUT2D eigenvalue weighted by Gasteiger charge is 2.35. The van der Waals surface area contributed by atoms with Crippen LogP contribution in [0, 0.1) is 0 Å². The van der Waals surface area contributed by atoms with E-state index in [-0.39, 0.29) is 18.2 Å². The number of hydrogen-bond donors (Lipinski definition) is 0. The lowest BCUT2D eigenvalue weighted by Gasteiger charge is -1.96. The van der Waals surface area contributed by atoms with Gasteiger partial charge in [0, 0.05) is 6.42 Å². The summed E-state index contributed by atoms with van der Waals surface area (Å²) in [5.41, 5.74) is 0. The minimum absolute atomic E-state index is 0.145. The number of hydrogen-bond acceptors (Lipinski definition) is 3. The van der Waals surface area contributed by atoms with Gasteiger partial charge in [0.25, 0.3) is 0 Å². The second kappa shape index (κ2) is 13.8. The summed E-state index contributed by atoms with van der Waals surface area (Å²) in [5, 5.41) is 0. The topological polar surface area (TPSA) is 38.8 Å². The quantitative estimate of drug-likeness (QED) is 0.151. The monoisotopic (exact) mass is 332 g/mol. The predicted octanol–water partition coefficient (Wildman–Crippen LogP) is 5.29. The van der Waals surface area contributed by atoms with Crippen molar-refractivity contribution >= 4 is 5.97 Å². The van der Waals surface area contributed by atoms with E-state index in [1.165, 1.54) is 32.8 Å². The molecule has 1 fully saturated rings. The Morgan fingerprint density at radius 2 is 1.88 bits per heavy atom. The molecule has 0 aromatic rings. The fraction of sp³-hybridized carbons (Fsp3) is 0.571. The number of ether oxygens (including phenoxy) is 2. The van der Waals surface area contributed by atoms with E-state index < -0.39 is 0 Å². The van der Waals surface area contributed by atoms with Gasteiger partial charge in [-0.25, -0.2) is 0 Å². The van der Waals surface area contributed by atoms with Crippen molar-refractivity contribution in [3.8, 4) is 0 Å². The van der Waals surface area contributed by atoms with Crippen LogP contribution in [0.15, 0.2) is 48.6 Å². The zero-order valence-corrected chi connectivity index (χ0v) is 15.2. The Hall–Kier alpha value is -1.61. The molecule has 134 valence electrons. The first-order valence-corrected chi connectivity index (χ1v) is 9.15. The third-order valence-electron chi connectivity index (χ3n) is 3.90. The van der Waals surface area contributed by atoms with Crippen molar-refractivity contribution in [3.63, 3.8) is 0 Å². The smallest absolute Gasteiger partial charge is 0.305 e. The fourth-order valence-corrected chi connectivity index (χ4v) is 2.37. The Bertz CT molecular complexity index is 446. The van der Waals surface area contributed by atoms with Crippen LogP contribution in [-0.2, 0) is 14.3 Å². The van der Waals surface area contributed by atoms with Crippen LogP contribution in [0.5, 0.6) is 0 Å². The summed E-state index contributed by atoms with van der Waals surface area (Å²) in [6, 6.07) is 0. The second-order valence-electron chi connectivity index (χ2n) is 6.01. The molecule has 0 aromatic carbocycles. The standard InChI is InChI=1S/C21H32O3/c1-3-4-5-6-7-8-9-10-11-12-13-14-16-19-20(24-19)17-15-18-21(22)23-2/h7-8,10-14,16,19-20H,3-6,9,15,17-18H2,1-2H3/b8-7-,11-10-,13-12+,16-14+/t19-,20+/m1/s1. The van der Waals surface area contributed by atoms with E-state index in [2.05, 4.69) is 42.0 Å². The molecule has 24 heavy (non-hydrogen) atoms. The maximum absolute atomic E-state index is 11.0. The van der Waals surface area contributed by atoms with Gasteiger partial charge in [-0.1, -0.05) is 68.4 Å². The Labute approximate surface area is 147 Å². The summed E-state index contributed by atoms with van der Waals surface area (Å²) in [6.45, 7) is 2.23. The zero-order chi connectivity index (χ0) is 17.5. The van der Waals surface area contributed by atoms with Crippen LogP contribution in [-0.4, -0.2) is 25.3 Å². The highest BCUT2D eigenvalue weighted by molar-refractivity contribution is 5.68. The van der Waals surface area contributed by atoms with Crippen molar-refractivity contribution < 1.29 is 14.3 Å². The molecular formula is C21H32O3. The Kier molecular flexibility index (Phi) is 11.7. The number of rotatable bonds is 13. The summed E-state index contributed by atoms with van der Waals surface area (Å²) in [4.78, 5) is 11.0. The number of carbonyl (C=O) groups is 1. The summed E-state index contributed by atoms with van der Waals surface area (Å²) in [5.74, 6) is -0.145. The average molecular weight is 332 g/mol. The van der Waals surface area contributed by atoms with Crippen molar-refractivity contribution in [1.82, 2.24) is 0 Å². The van der Waals surface area contributed by atoms with Gasteiger partial charge in [-0.2, -0.15) is 0 Å². The SMILES string of the molecule is CCCCC/C=C\C\C=C/C=C/C=C/[C@H]1O[C@H]1CCCC(=O)OC. The van der Waals surface area contributed by atoms with E-state index in [1.807, 2.05) is 18.2 Å². The molecule has 0 saturated carbocycles. The van der Waals surface area contributed by atoms with Gasteiger partial charge in [0.05, 0.1) is 13.2 Å². The number of carbonyl (C=O) groups excluding carboxylic acids is 1. The van der Waals surface area contributed by atoms with Gasteiger partial charge in [-0.15, -0.1) is 0 Å². The third-order valence-corrected chi connectivity index (χ3v) is 3.90. The molecule has 0 unspecified atom stereocenters. The highest BCUT2D eigenvalue weighted by Crippen LogP contribution is 2.28. The number of allylic oxidation sites excluding steroid dienone is 7. The molecule has 2 atom stereocenters. The lowest BCUT2D eigenvalue weighted by Crippen LogP contribution is -2.01. The van der Waals surface area contributed by atoms with E-state index >= 15 is 0 Å². The Balaban J connectivity index is 2.00. The van der Waals surface area contributed by atoms with Gasteiger partial charge in [-0.3, -0.25) is 4.79 Å². The summed E-state index contributed by atoms with van der Waals surface area (Å²) >= 11 is 0. The minimum atomic E-state index is -0.145. The van der Waals surface area contributed by atoms with Crippen LogP contribution in [0.4, 0.5) is 0 Å². The van der Waals surface area contributed by atoms with E-state index in [1.54, 1.807) is 0 Å². The normalized spacial score (nSPS) is 20.8. The van der Waals surface area contributed by atoms with Crippen molar-refractivity contribution in [2.45, 2.75) is 70.5 Å². The Morgan fingerprint density at radius 1 is 1.04 bits per heavy atom. The van der Waals surface area contributed by atoms with Crippen LogP contribution in [0.3, 0.4) is 0 Å². The average Bonchev–Trinajstić information content (AvgIpc) is 3.34. The molecule has 1 aliphatic heterocycles. The number of methoxy groups -OCH3 is 1. The number of esters is 1. The molecule has 3 nitrogen and oxygen atoms in total. The van der Waals surface area contributed by atoms with Crippen LogP contribution in [0.2, 0.25) is 0 Å². The van der Waals surface area contributed by atoms with Gasteiger partial charge in [0.15, 0.2) is 0 Å². The molecule has 0 amide bonds. The molecule has 0 aliphatic carbocycles. The molecule has 0 bridgehead atoms. The van der Waals surface area contributed by atoms with E-state index in [4.69, 9.17) is 4.74 Å². The summed E-state index contributed by atoms with van der Waals surface area (Å²) in [7, 11) is 1.42. The van der Waals surface area contributed by atoms with E-state index in [0.29, 0.717) is 6.42 Å². The molecule has 0 spiro atoms. The van der Waals surface area contributed by atoms with Crippen LogP contribution in [0.25, 0.3) is 0 Å². The van der Waals surface area contributed by atoms with Crippen molar-refractivity contribution in [1.29, 1.82) is 0 Å². The van der Waals surface area contributed by atoms with E-state index in [0.717, 1.165) is 19.3 Å². The zero-order valence-electron chi connectivity index (χ0n) is 15.2. The van der Waals surface area contributed by atoms with Crippen molar-refractivity contribution in [2.24, 2.45) is 0 Å². The molecule has 0 N–H and O–H groups in total. The molecule has 0 radical (unpaired) electrons. The third kappa shape index (κ3) is 11.0. The summed E-state index contributed by atoms with van der Waals surface area (Å²) in [6.07, 6.45) is 25.7. The molecule has 1 aliphatic rings.